The van der Waals surface area contributed by atoms with E-state index in [0.717, 1.165) is 36.2 Å². The fraction of sp³-hybridized carbons (Fsp3) is 0.292. The van der Waals surface area contributed by atoms with Crippen LogP contribution < -0.4 is 18.9 Å². The summed E-state index contributed by atoms with van der Waals surface area (Å²) in [6, 6.07) is 20.9. The van der Waals surface area contributed by atoms with E-state index >= 15 is 0 Å². The van der Waals surface area contributed by atoms with Gasteiger partial charge in [-0.05, 0) is 76.2 Å². The quantitative estimate of drug-likeness (QED) is 0.111. The van der Waals surface area contributed by atoms with E-state index in [1.165, 1.54) is 51.4 Å². The number of aliphatic hydroxyl groups excluding tert-OH is 2. The largest absolute Gasteiger partial charge is 0.494 e. The molecule has 0 aliphatic carbocycles. The van der Waals surface area contributed by atoms with Gasteiger partial charge in [-0.1, -0.05) is 24.3 Å². The highest BCUT2D eigenvalue weighted by atomic mass is 32.2. The van der Waals surface area contributed by atoms with Crippen molar-refractivity contribution >= 4 is 19.7 Å². The van der Waals surface area contributed by atoms with Crippen LogP contribution in [0.15, 0.2) is 97.6 Å². The molecule has 2 N–H and O–H groups in total. The number of para-hydroxylation sites is 2. The first-order valence-corrected chi connectivity index (χ1v) is 25.7. The molecule has 6 aromatic heterocycles. The summed E-state index contributed by atoms with van der Waals surface area (Å²) < 4.78 is 105. The van der Waals surface area contributed by atoms with E-state index < -0.39 is 65.5 Å². The minimum atomic E-state index is -4.07. The number of aromatic nitrogens is 12. The molecule has 0 saturated carbocycles. The maximum atomic E-state index is 13.4. The van der Waals surface area contributed by atoms with Crippen LogP contribution in [0.2, 0.25) is 0 Å². The number of nitrogens with zero attached hydrogens (tertiary/aromatic N) is 12. The molecule has 0 aliphatic rings. The summed E-state index contributed by atoms with van der Waals surface area (Å²) in [6.07, 6.45) is 0.238. The number of hydrogen-bond donors (Lipinski definition) is 2. The monoisotopic (exact) mass is 1060 g/mol. The molecule has 8 aromatic rings. The Bertz CT molecular complexity index is 3210. The van der Waals surface area contributed by atoms with Crippen LogP contribution in [0.25, 0.3) is 34.4 Å². The van der Waals surface area contributed by atoms with Crippen molar-refractivity contribution in [1.82, 2.24) is 59.4 Å². The summed E-state index contributed by atoms with van der Waals surface area (Å²) in [6.45, 7) is 6.28. The minimum absolute atomic E-state index is 0.0418. The standard InChI is InChI=1S/2C24H25FN6O5S/c2*1-14-7-5-8-17(28-14)24-30-29-20(31(24)21-18(35-3)9-6-10-19(21)36-4)13-37(33,34)15(2)22(32)23-26-11-16(25)12-27-23/h2*5-12,15,22,32H,13H2,1-4H3/t2*15-,22-/m10/s1. The lowest BCUT2D eigenvalue weighted by Gasteiger charge is -2.20. The molecule has 0 saturated heterocycles. The van der Waals surface area contributed by atoms with Gasteiger partial charge in [0.15, 0.2) is 66.3 Å². The number of rotatable bonds is 18. The average Bonchev–Trinajstić information content (AvgIpc) is 4.00. The van der Waals surface area contributed by atoms with Crippen LogP contribution in [-0.4, -0.2) is 125 Å². The molecule has 4 atom stereocenters. The van der Waals surface area contributed by atoms with E-state index in [4.69, 9.17) is 18.9 Å². The van der Waals surface area contributed by atoms with Gasteiger partial charge in [-0.3, -0.25) is 9.13 Å². The highest BCUT2D eigenvalue weighted by Crippen LogP contribution is 2.39. The summed E-state index contributed by atoms with van der Waals surface area (Å²) in [4.78, 5) is 23.9. The van der Waals surface area contributed by atoms with Gasteiger partial charge in [0, 0.05) is 11.4 Å². The number of pyridine rings is 2. The molecular formula is C48H50F2N12O10S2. The molecule has 388 valence electrons. The molecule has 0 spiro atoms. The SMILES string of the molecule is COc1cccc(OC)c1-n1c(CS(=O)(=O)[C@@H](C)[C@H](O)c2ncc(F)cn2)nnc1-c1cccc(C)n1.COc1cccc(OC)c1-n1c(CS(=O)(=O)[C@H](C)[C@@H](O)c2ncc(F)cn2)nnc1-c1cccc(C)n1. The first kappa shape index (κ1) is 53.8. The van der Waals surface area contributed by atoms with Gasteiger partial charge in [0.1, 0.15) is 69.5 Å². The number of aryl methyl sites for hydroxylation is 2. The van der Waals surface area contributed by atoms with E-state index in [0.29, 0.717) is 45.8 Å². The normalized spacial score (nSPS) is 13.2. The number of methoxy groups -OCH3 is 4. The Morgan fingerprint density at radius 3 is 1.12 bits per heavy atom. The Morgan fingerprint density at radius 2 is 0.824 bits per heavy atom. The van der Waals surface area contributed by atoms with Gasteiger partial charge in [-0.15, -0.1) is 20.4 Å². The number of hydrogen-bond acceptors (Lipinski definition) is 20. The van der Waals surface area contributed by atoms with Gasteiger partial charge < -0.3 is 29.2 Å². The van der Waals surface area contributed by atoms with Crippen molar-refractivity contribution in [3.05, 3.63) is 144 Å². The summed E-state index contributed by atoms with van der Waals surface area (Å²) in [5.74, 6) is -0.870. The number of ether oxygens (including phenoxy) is 4. The van der Waals surface area contributed by atoms with E-state index in [1.54, 1.807) is 60.7 Å². The topological polar surface area (TPSA) is 284 Å². The lowest BCUT2D eigenvalue weighted by Crippen LogP contribution is -2.29. The molecule has 2 aromatic carbocycles. The summed E-state index contributed by atoms with van der Waals surface area (Å²) >= 11 is 0. The molecule has 26 heteroatoms. The van der Waals surface area contributed by atoms with Gasteiger partial charge in [0.05, 0.1) is 63.7 Å². The van der Waals surface area contributed by atoms with Crippen LogP contribution in [-0.2, 0) is 31.2 Å². The van der Waals surface area contributed by atoms with Crippen molar-refractivity contribution in [1.29, 1.82) is 0 Å². The van der Waals surface area contributed by atoms with E-state index in [1.807, 2.05) is 26.0 Å². The van der Waals surface area contributed by atoms with Crippen molar-refractivity contribution in [2.45, 2.75) is 61.9 Å². The third-order valence-corrected chi connectivity index (χ3v) is 15.5. The van der Waals surface area contributed by atoms with Crippen LogP contribution in [0.3, 0.4) is 0 Å². The first-order chi connectivity index (χ1) is 35.3. The predicted octanol–water partition coefficient (Wildman–Crippen LogP) is 5.24. The van der Waals surface area contributed by atoms with Crippen LogP contribution in [0.5, 0.6) is 23.0 Å². The Morgan fingerprint density at radius 1 is 0.514 bits per heavy atom. The van der Waals surface area contributed by atoms with Crippen molar-refractivity contribution in [3.8, 4) is 57.4 Å². The zero-order chi connectivity index (χ0) is 53.5. The van der Waals surface area contributed by atoms with Gasteiger partial charge in [0.25, 0.3) is 0 Å². The first-order valence-electron chi connectivity index (χ1n) is 22.3. The van der Waals surface area contributed by atoms with E-state index in [9.17, 15) is 35.8 Å². The number of sulfone groups is 2. The van der Waals surface area contributed by atoms with Crippen molar-refractivity contribution in [2.75, 3.05) is 28.4 Å². The van der Waals surface area contributed by atoms with Crippen molar-refractivity contribution < 1.29 is 54.8 Å². The van der Waals surface area contributed by atoms with Gasteiger partial charge >= 0.3 is 0 Å². The van der Waals surface area contributed by atoms with Gasteiger partial charge in [-0.25, -0.2) is 55.5 Å². The Balaban J connectivity index is 0.000000216. The molecular weight excluding hydrogens is 1010 g/mol. The van der Waals surface area contributed by atoms with Crippen LogP contribution >= 0.6 is 0 Å². The Labute approximate surface area is 424 Å². The fourth-order valence-corrected chi connectivity index (χ4v) is 10.1. The smallest absolute Gasteiger partial charge is 0.187 e. The lowest BCUT2D eigenvalue weighted by atomic mass is 10.2. The number of aliphatic hydroxyl groups is 2. The second-order valence-corrected chi connectivity index (χ2v) is 21.1. The summed E-state index contributed by atoms with van der Waals surface area (Å²) in [7, 11) is -2.23. The van der Waals surface area contributed by atoms with Gasteiger partial charge in [-0.2, -0.15) is 0 Å². The molecule has 0 amide bonds. The third-order valence-electron chi connectivity index (χ3n) is 11.4. The fourth-order valence-electron chi connectivity index (χ4n) is 7.45. The molecule has 8 rings (SSSR count). The van der Waals surface area contributed by atoms with Crippen LogP contribution in [0.4, 0.5) is 8.78 Å². The zero-order valence-electron chi connectivity index (χ0n) is 41.1. The Kier molecular flexibility index (Phi) is 16.6. The molecule has 6 heterocycles. The third kappa shape index (κ3) is 11.6. The molecule has 0 bridgehead atoms. The maximum Gasteiger partial charge on any atom is 0.187 e. The number of benzene rings is 2. The highest BCUT2D eigenvalue weighted by Gasteiger charge is 2.36. The van der Waals surface area contributed by atoms with Crippen LogP contribution in [0.1, 0.15) is 60.7 Å². The molecule has 0 aliphatic heterocycles. The molecule has 0 radical (unpaired) electrons. The summed E-state index contributed by atoms with van der Waals surface area (Å²) in [5, 5.41) is 35.5. The average molecular weight is 1060 g/mol. The Hall–Kier alpha value is -7.94. The number of halogens is 2. The maximum absolute atomic E-state index is 13.4. The second kappa shape index (κ2) is 22.9. The second-order valence-electron chi connectivity index (χ2n) is 16.3. The lowest BCUT2D eigenvalue weighted by molar-refractivity contribution is 0.165. The van der Waals surface area contributed by atoms with E-state index in [2.05, 4.69) is 50.3 Å². The molecule has 0 unspecified atom stereocenters. The van der Waals surface area contributed by atoms with Crippen molar-refractivity contribution in [2.24, 2.45) is 0 Å². The summed E-state index contributed by atoms with van der Waals surface area (Å²) in [5.41, 5.74) is 3.13. The molecule has 22 nitrogen and oxygen atoms in total. The van der Waals surface area contributed by atoms with E-state index in [-0.39, 0.29) is 34.9 Å². The minimum Gasteiger partial charge on any atom is -0.494 e. The predicted molar refractivity (Wildman–Crippen MR) is 263 cm³/mol. The molecule has 0 fully saturated rings. The van der Waals surface area contributed by atoms with Crippen LogP contribution in [0, 0.1) is 25.5 Å². The van der Waals surface area contributed by atoms with Gasteiger partial charge in [0.2, 0.25) is 0 Å². The molecule has 74 heavy (non-hydrogen) atoms. The highest BCUT2D eigenvalue weighted by molar-refractivity contribution is 7.91. The van der Waals surface area contributed by atoms with Crippen molar-refractivity contribution in [3.63, 3.8) is 0 Å². The zero-order valence-corrected chi connectivity index (χ0v) is 42.7.